The Balaban J connectivity index is 1.88. The normalized spacial score (nSPS) is 28.5. The van der Waals surface area contributed by atoms with Crippen LogP contribution >= 0.6 is 0 Å². The zero-order valence-electron chi connectivity index (χ0n) is 11.1. The molecule has 2 aliphatic heterocycles. The molecule has 1 aromatic heterocycles. The Morgan fingerprint density at radius 1 is 1.37 bits per heavy atom. The lowest BCUT2D eigenvalue weighted by molar-refractivity contribution is 0.378. The van der Waals surface area contributed by atoms with Crippen molar-refractivity contribution >= 4 is 10.0 Å². The van der Waals surface area contributed by atoms with Gasteiger partial charge in [-0.3, -0.25) is 4.68 Å². The number of fused-ring (bicyclic) bond motifs is 2. The van der Waals surface area contributed by atoms with Crippen molar-refractivity contribution in [1.82, 2.24) is 19.4 Å². The van der Waals surface area contributed by atoms with Gasteiger partial charge in [0, 0.05) is 31.7 Å². The van der Waals surface area contributed by atoms with Crippen LogP contribution in [0.2, 0.25) is 0 Å². The molecule has 2 bridgehead atoms. The molecule has 1 N–H and O–H groups in total. The van der Waals surface area contributed by atoms with Gasteiger partial charge in [0.1, 0.15) is 0 Å². The first-order chi connectivity index (χ1) is 9.11. The molecule has 2 unspecified atom stereocenters. The number of aromatic nitrogens is 2. The topological polar surface area (TPSA) is 67.2 Å². The van der Waals surface area contributed by atoms with E-state index in [0.29, 0.717) is 36.7 Å². The molecule has 0 aliphatic carbocycles. The fraction of sp³-hybridized carbons (Fsp3) is 0.750. The van der Waals surface area contributed by atoms with E-state index in [9.17, 15) is 8.42 Å². The van der Waals surface area contributed by atoms with Crippen molar-refractivity contribution in [2.75, 3.05) is 13.1 Å². The van der Waals surface area contributed by atoms with Gasteiger partial charge in [0.25, 0.3) is 10.0 Å². The van der Waals surface area contributed by atoms with E-state index in [1.54, 1.807) is 21.3 Å². The fourth-order valence-electron chi connectivity index (χ4n) is 3.04. The SMILES string of the molecule is CCn1nccc1S(=O)(=O)N1CCC2CCC(C1)N2. The molecule has 1 aromatic rings. The van der Waals surface area contributed by atoms with Crippen LogP contribution < -0.4 is 5.32 Å². The number of aryl methyl sites for hydroxylation is 1. The highest BCUT2D eigenvalue weighted by Crippen LogP contribution is 2.24. The van der Waals surface area contributed by atoms with E-state index in [2.05, 4.69) is 10.4 Å². The molecular formula is C12H20N4O2S. The Kier molecular flexibility index (Phi) is 3.36. The molecule has 19 heavy (non-hydrogen) atoms. The molecule has 7 heteroatoms. The first-order valence-corrected chi connectivity index (χ1v) is 8.33. The molecule has 0 saturated carbocycles. The molecule has 0 spiro atoms. The largest absolute Gasteiger partial charge is 0.310 e. The minimum absolute atomic E-state index is 0.306. The first-order valence-electron chi connectivity index (χ1n) is 6.89. The van der Waals surface area contributed by atoms with E-state index in [1.165, 1.54) is 6.42 Å². The highest BCUT2D eigenvalue weighted by Gasteiger charge is 2.36. The molecular weight excluding hydrogens is 264 g/mol. The average molecular weight is 284 g/mol. The van der Waals surface area contributed by atoms with E-state index in [1.807, 2.05) is 6.92 Å². The molecule has 0 radical (unpaired) electrons. The van der Waals surface area contributed by atoms with E-state index >= 15 is 0 Å². The van der Waals surface area contributed by atoms with Gasteiger partial charge < -0.3 is 5.32 Å². The highest BCUT2D eigenvalue weighted by molar-refractivity contribution is 7.89. The number of hydrogen-bond acceptors (Lipinski definition) is 4. The van der Waals surface area contributed by atoms with Crippen LogP contribution in [0.15, 0.2) is 17.3 Å². The van der Waals surface area contributed by atoms with E-state index in [0.717, 1.165) is 12.8 Å². The Labute approximate surface area is 113 Å². The quantitative estimate of drug-likeness (QED) is 0.873. The van der Waals surface area contributed by atoms with Crippen molar-refractivity contribution in [2.24, 2.45) is 0 Å². The van der Waals surface area contributed by atoms with Gasteiger partial charge in [-0.05, 0) is 32.3 Å². The maximum Gasteiger partial charge on any atom is 0.260 e. The van der Waals surface area contributed by atoms with E-state index in [4.69, 9.17) is 0 Å². The van der Waals surface area contributed by atoms with Gasteiger partial charge in [0.05, 0.1) is 6.20 Å². The van der Waals surface area contributed by atoms with Crippen molar-refractivity contribution in [3.63, 3.8) is 0 Å². The number of nitrogens with one attached hydrogen (secondary N) is 1. The molecule has 3 heterocycles. The van der Waals surface area contributed by atoms with Crippen LogP contribution in [0.3, 0.4) is 0 Å². The zero-order chi connectivity index (χ0) is 13.5. The van der Waals surface area contributed by atoms with Gasteiger partial charge in [-0.15, -0.1) is 0 Å². The van der Waals surface area contributed by atoms with Crippen LogP contribution in [0.25, 0.3) is 0 Å². The van der Waals surface area contributed by atoms with Crippen molar-refractivity contribution in [3.8, 4) is 0 Å². The number of rotatable bonds is 3. The van der Waals surface area contributed by atoms with E-state index < -0.39 is 10.0 Å². The molecule has 2 fully saturated rings. The highest BCUT2D eigenvalue weighted by atomic mass is 32.2. The summed E-state index contributed by atoms with van der Waals surface area (Å²) in [7, 11) is -3.41. The summed E-state index contributed by atoms with van der Waals surface area (Å²) in [4.78, 5) is 0. The second kappa shape index (κ2) is 4.88. The van der Waals surface area contributed by atoms with Gasteiger partial charge in [0.2, 0.25) is 0 Å². The van der Waals surface area contributed by atoms with Gasteiger partial charge >= 0.3 is 0 Å². The second-order valence-electron chi connectivity index (χ2n) is 5.27. The summed E-state index contributed by atoms with van der Waals surface area (Å²) in [6.45, 7) is 3.65. The van der Waals surface area contributed by atoms with Crippen molar-refractivity contribution in [3.05, 3.63) is 12.3 Å². The lowest BCUT2D eigenvalue weighted by Gasteiger charge is -2.23. The lowest BCUT2D eigenvalue weighted by atomic mass is 10.1. The molecule has 2 aliphatic rings. The van der Waals surface area contributed by atoms with Crippen molar-refractivity contribution in [2.45, 2.75) is 49.8 Å². The minimum atomic E-state index is -3.41. The van der Waals surface area contributed by atoms with Gasteiger partial charge in [-0.2, -0.15) is 9.40 Å². The van der Waals surface area contributed by atoms with Crippen LogP contribution in [-0.2, 0) is 16.6 Å². The van der Waals surface area contributed by atoms with Crippen LogP contribution in [0.4, 0.5) is 0 Å². The predicted octanol–water partition coefficient (Wildman–Crippen LogP) is 0.418. The molecule has 106 valence electrons. The van der Waals surface area contributed by atoms with E-state index in [-0.39, 0.29) is 0 Å². The van der Waals surface area contributed by atoms with Crippen LogP contribution in [0, 0.1) is 0 Å². The smallest absolute Gasteiger partial charge is 0.260 e. The number of hydrogen-bond donors (Lipinski definition) is 1. The molecule has 6 nitrogen and oxygen atoms in total. The first kappa shape index (κ1) is 13.1. The summed E-state index contributed by atoms with van der Waals surface area (Å²) in [6.07, 6.45) is 4.70. The van der Waals surface area contributed by atoms with Gasteiger partial charge in [0.15, 0.2) is 5.03 Å². The fourth-order valence-corrected chi connectivity index (χ4v) is 4.70. The number of sulfonamides is 1. The Hall–Kier alpha value is -0.920. The van der Waals surface area contributed by atoms with Crippen molar-refractivity contribution in [1.29, 1.82) is 0 Å². The summed E-state index contributed by atoms with van der Waals surface area (Å²) in [6, 6.07) is 2.39. The lowest BCUT2D eigenvalue weighted by Crippen LogP contribution is -2.39. The third-order valence-electron chi connectivity index (χ3n) is 4.07. The average Bonchev–Trinajstić information content (AvgIpc) is 2.95. The van der Waals surface area contributed by atoms with Crippen LogP contribution in [0.5, 0.6) is 0 Å². The van der Waals surface area contributed by atoms with Gasteiger partial charge in [-0.1, -0.05) is 0 Å². The van der Waals surface area contributed by atoms with Crippen LogP contribution in [0.1, 0.15) is 26.2 Å². The molecule has 3 rings (SSSR count). The zero-order valence-corrected chi connectivity index (χ0v) is 11.9. The molecule has 0 aromatic carbocycles. The predicted molar refractivity (Wildman–Crippen MR) is 71.2 cm³/mol. The third kappa shape index (κ3) is 2.30. The summed E-state index contributed by atoms with van der Waals surface area (Å²) in [5.41, 5.74) is 0. The van der Waals surface area contributed by atoms with Crippen molar-refractivity contribution < 1.29 is 8.42 Å². The Bertz CT molecular complexity index is 554. The summed E-state index contributed by atoms with van der Waals surface area (Å²) in [5, 5.41) is 7.88. The van der Waals surface area contributed by atoms with Crippen LogP contribution in [-0.4, -0.2) is 47.7 Å². The minimum Gasteiger partial charge on any atom is -0.310 e. The maximum absolute atomic E-state index is 12.7. The summed E-state index contributed by atoms with van der Waals surface area (Å²) < 4.78 is 28.6. The second-order valence-corrected chi connectivity index (χ2v) is 7.16. The Morgan fingerprint density at radius 2 is 2.16 bits per heavy atom. The van der Waals surface area contributed by atoms with Gasteiger partial charge in [-0.25, -0.2) is 8.42 Å². The monoisotopic (exact) mass is 284 g/mol. The molecule has 2 atom stereocenters. The standard InChI is InChI=1S/C12H20N4O2S/c1-2-16-12(5-7-13-16)19(17,18)15-8-6-10-3-4-11(9-15)14-10/h5,7,10-11,14H,2-4,6,8-9H2,1H3. The Morgan fingerprint density at radius 3 is 2.95 bits per heavy atom. The summed E-state index contributed by atoms with van der Waals surface area (Å²) >= 11 is 0. The molecule has 0 amide bonds. The number of nitrogens with zero attached hydrogens (tertiary/aromatic N) is 3. The molecule has 2 saturated heterocycles. The third-order valence-corrected chi connectivity index (χ3v) is 5.95. The summed E-state index contributed by atoms with van der Waals surface area (Å²) in [5.74, 6) is 0. The maximum atomic E-state index is 12.7.